The summed E-state index contributed by atoms with van der Waals surface area (Å²) in [7, 11) is -0.279. The zero-order chi connectivity index (χ0) is 12.6. The number of unbranched alkanes of at least 4 members (excludes halogenated alkanes) is 1. The molecule has 0 aliphatic rings. The molecule has 0 N–H and O–H groups in total. The van der Waals surface area contributed by atoms with Crippen molar-refractivity contribution in [3.8, 4) is 0 Å². The Morgan fingerprint density at radius 2 is 1.94 bits per heavy atom. The Labute approximate surface area is 97.8 Å². The molecule has 96 valence electrons. The number of ether oxygens (including phenoxy) is 1. The smallest absolute Gasteiger partial charge is 0.305 e. The number of carbonyl (C=O) groups excluding carboxylic acids is 1. The molecule has 0 unspecified atom stereocenters. The second-order valence-electron chi connectivity index (χ2n) is 3.67. The van der Waals surface area contributed by atoms with E-state index in [-0.39, 0.29) is 18.1 Å². The monoisotopic (exact) mass is 251 g/mol. The van der Waals surface area contributed by atoms with Crippen LogP contribution in [0, 0.1) is 0 Å². The van der Waals surface area contributed by atoms with E-state index in [4.69, 9.17) is 0 Å². The number of sulfonamides is 1. The zero-order valence-corrected chi connectivity index (χ0v) is 11.0. The van der Waals surface area contributed by atoms with E-state index in [2.05, 4.69) is 4.74 Å². The van der Waals surface area contributed by atoms with E-state index in [0.29, 0.717) is 19.4 Å². The molecule has 5 nitrogen and oxygen atoms in total. The standard InChI is InChI=1S/C10H21NO4S/c1-4-5-9-16(13,14)11(2)8-6-7-10(12)15-3/h4-9H2,1-3H3. The fourth-order valence-electron chi connectivity index (χ4n) is 1.17. The van der Waals surface area contributed by atoms with Crippen LogP contribution in [-0.2, 0) is 19.6 Å². The van der Waals surface area contributed by atoms with Crippen LogP contribution >= 0.6 is 0 Å². The zero-order valence-electron chi connectivity index (χ0n) is 10.2. The summed E-state index contributed by atoms with van der Waals surface area (Å²) in [6.45, 7) is 2.31. The van der Waals surface area contributed by atoms with Gasteiger partial charge in [0.2, 0.25) is 10.0 Å². The SMILES string of the molecule is CCCCS(=O)(=O)N(C)CCCC(=O)OC. The van der Waals surface area contributed by atoms with E-state index in [1.165, 1.54) is 11.4 Å². The van der Waals surface area contributed by atoms with E-state index >= 15 is 0 Å². The second-order valence-corrected chi connectivity index (χ2v) is 5.87. The summed E-state index contributed by atoms with van der Waals surface area (Å²) in [6, 6.07) is 0. The Morgan fingerprint density at radius 1 is 1.31 bits per heavy atom. The van der Waals surface area contributed by atoms with Crippen LogP contribution < -0.4 is 0 Å². The normalized spacial score (nSPS) is 11.8. The first-order valence-corrected chi connectivity index (χ1v) is 7.05. The van der Waals surface area contributed by atoms with Gasteiger partial charge in [-0.2, -0.15) is 0 Å². The lowest BCUT2D eigenvalue weighted by Gasteiger charge is -2.16. The number of hydrogen-bond acceptors (Lipinski definition) is 4. The highest BCUT2D eigenvalue weighted by atomic mass is 32.2. The Hall–Kier alpha value is -0.620. The molecule has 0 aromatic carbocycles. The Balaban J connectivity index is 3.95. The molecule has 16 heavy (non-hydrogen) atoms. The molecule has 0 heterocycles. The predicted octanol–water partition coefficient (Wildman–Crippen LogP) is 1.00. The number of hydrogen-bond donors (Lipinski definition) is 0. The number of esters is 1. The lowest BCUT2D eigenvalue weighted by Crippen LogP contribution is -2.30. The minimum Gasteiger partial charge on any atom is -0.469 e. The summed E-state index contributed by atoms with van der Waals surface area (Å²) < 4.78 is 29.1. The van der Waals surface area contributed by atoms with E-state index in [0.717, 1.165) is 6.42 Å². The van der Waals surface area contributed by atoms with E-state index in [1.54, 1.807) is 7.05 Å². The molecule has 0 aliphatic carbocycles. The van der Waals surface area contributed by atoms with Crippen LogP contribution in [0.15, 0.2) is 0 Å². The van der Waals surface area contributed by atoms with Crippen molar-refractivity contribution in [2.45, 2.75) is 32.6 Å². The van der Waals surface area contributed by atoms with Crippen LogP contribution in [0.5, 0.6) is 0 Å². The lowest BCUT2D eigenvalue weighted by atomic mass is 10.3. The minimum atomic E-state index is -3.15. The van der Waals surface area contributed by atoms with Crippen molar-refractivity contribution >= 4 is 16.0 Å². The molecule has 0 bridgehead atoms. The number of methoxy groups -OCH3 is 1. The molecule has 0 saturated carbocycles. The molecule has 0 radical (unpaired) electrons. The fourth-order valence-corrected chi connectivity index (χ4v) is 2.54. The Kier molecular flexibility index (Phi) is 7.33. The van der Waals surface area contributed by atoms with Gasteiger partial charge in [-0.3, -0.25) is 4.79 Å². The first-order valence-electron chi connectivity index (χ1n) is 5.45. The average Bonchev–Trinajstić information content (AvgIpc) is 2.25. The van der Waals surface area contributed by atoms with E-state index < -0.39 is 10.0 Å². The topological polar surface area (TPSA) is 63.7 Å². The molecule has 0 spiro atoms. The highest BCUT2D eigenvalue weighted by molar-refractivity contribution is 7.89. The van der Waals surface area contributed by atoms with E-state index in [9.17, 15) is 13.2 Å². The largest absolute Gasteiger partial charge is 0.469 e. The van der Waals surface area contributed by atoms with Gasteiger partial charge in [-0.15, -0.1) is 0 Å². The van der Waals surface area contributed by atoms with Gasteiger partial charge in [0.25, 0.3) is 0 Å². The maximum atomic E-state index is 11.6. The summed E-state index contributed by atoms with van der Waals surface area (Å²) in [5, 5.41) is 0. The third kappa shape index (κ3) is 6.07. The van der Waals surface area contributed by atoms with Gasteiger partial charge in [-0.05, 0) is 12.8 Å². The van der Waals surface area contributed by atoms with Crippen molar-refractivity contribution in [1.29, 1.82) is 0 Å². The number of carbonyl (C=O) groups is 1. The molecule has 0 aliphatic heterocycles. The van der Waals surface area contributed by atoms with Gasteiger partial charge in [-0.1, -0.05) is 13.3 Å². The molecular formula is C10H21NO4S. The van der Waals surface area contributed by atoms with Crippen molar-refractivity contribution in [1.82, 2.24) is 4.31 Å². The second kappa shape index (κ2) is 7.62. The molecule has 0 fully saturated rings. The minimum absolute atomic E-state index is 0.179. The fraction of sp³-hybridized carbons (Fsp3) is 0.900. The summed E-state index contributed by atoms with van der Waals surface area (Å²) in [5.74, 6) is -0.127. The van der Waals surface area contributed by atoms with Crippen molar-refractivity contribution in [2.75, 3.05) is 26.5 Å². The van der Waals surface area contributed by atoms with E-state index in [1.807, 2.05) is 6.92 Å². The van der Waals surface area contributed by atoms with Gasteiger partial charge in [0, 0.05) is 20.0 Å². The van der Waals surface area contributed by atoms with Crippen LogP contribution in [0.25, 0.3) is 0 Å². The first kappa shape index (κ1) is 15.4. The average molecular weight is 251 g/mol. The summed E-state index contributed by atoms with van der Waals surface area (Å²) in [6.07, 6.45) is 2.28. The molecule has 0 saturated heterocycles. The third-order valence-electron chi connectivity index (χ3n) is 2.31. The van der Waals surface area contributed by atoms with Crippen molar-refractivity contribution in [3.63, 3.8) is 0 Å². The molecule has 0 aromatic rings. The Morgan fingerprint density at radius 3 is 2.44 bits per heavy atom. The van der Waals surface area contributed by atoms with Gasteiger partial charge < -0.3 is 4.74 Å². The third-order valence-corrected chi connectivity index (χ3v) is 4.25. The van der Waals surface area contributed by atoms with Gasteiger partial charge in [0.15, 0.2) is 0 Å². The Bertz CT molecular complexity index is 300. The first-order chi connectivity index (χ1) is 7.44. The quantitative estimate of drug-likeness (QED) is 0.604. The highest BCUT2D eigenvalue weighted by Crippen LogP contribution is 2.04. The molecule has 0 rings (SSSR count). The van der Waals surface area contributed by atoms with Crippen LogP contribution in [0.4, 0.5) is 0 Å². The summed E-state index contributed by atoms with van der Waals surface area (Å²) in [5.41, 5.74) is 0. The predicted molar refractivity (Wildman–Crippen MR) is 62.6 cm³/mol. The molecule has 6 heteroatoms. The molecule has 0 aromatic heterocycles. The molecule has 0 atom stereocenters. The van der Waals surface area contributed by atoms with Crippen LogP contribution in [0.3, 0.4) is 0 Å². The van der Waals surface area contributed by atoms with Crippen LogP contribution in [-0.4, -0.2) is 45.1 Å². The van der Waals surface area contributed by atoms with Crippen molar-refractivity contribution in [3.05, 3.63) is 0 Å². The maximum absolute atomic E-state index is 11.6. The highest BCUT2D eigenvalue weighted by Gasteiger charge is 2.16. The van der Waals surface area contributed by atoms with Crippen LogP contribution in [0.1, 0.15) is 32.6 Å². The van der Waals surface area contributed by atoms with Gasteiger partial charge in [-0.25, -0.2) is 12.7 Å². The maximum Gasteiger partial charge on any atom is 0.305 e. The van der Waals surface area contributed by atoms with Gasteiger partial charge >= 0.3 is 5.97 Å². The lowest BCUT2D eigenvalue weighted by molar-refractivity contribution is -0.140. The number of nitrogens with zero attached hydrogens (tertiary/aromatic N) is 1. The summed E-state index contributed by atoms with van der Waals surface area (Å²) >= 11 is 0. The molecular weight excluding hydrogens is 230 g/mol. The number of rotatable bonds is 8. The van der Waals surface area contributed by atoms with Gasteiger partial charge in [0.05, 0.1) is 12.9 Å². The van der Waals surface area contributed by atoms with Crippen molar-refractivity contribution < 1.29 is 17.9 Å². The summed E-state index contributed by atoms with van der Waals surface area (Å²) in [4.78, 5) is 10.8. The molecule has 0 amide bonds. The van der Waals surface area contributed by atoms with Gasteiger partial charge in [0.1, 0.15) is 0 Å². The van der Waals surface area contributed by atoms with Crippen molar-refractivity contribution in [2.24, 2.45) is 0 Å². The van der Waals surface area contributed by atoms with Crippen LogP contribution in [0.2, 0.25) is 0 Å².